The summed E-state index contributed by atoms with van der Waals surface area (Å²) in [7, 11) is 0. The van der Waals surface area contributed by atoms with Crippen LogP contribution in [0.2, 0.25) is 0 Å². The Bertz CT molecular complexity index is 1100. The average molecular weight is 422 g/mol. The predicted molar refractivity (Wildman–Crippen MR) is 114 cm³/mol. The van der Waals surface area contributed by atoms with E-state index in [1.54, 1.807) is 4.52 Å². The molecule has 0 radical (unpaired) electrons. The zero-order valence-electron chi connectivity index (χ0n) is 17.6. The molecule has 2 aliphatic rings. The van der Waals surface area contributed by atoms with Gasteiger partial charge >= 0.3 is 0 Å². The van der Waals surface area contributed by atoms with Gasteiger partial charge in [0, 0.05) is 31.4 Å². The summed E-state index contributed by atoms with van der Waals surface area (Å²) in [4.78, 5) is 24.0. The molecule has 4 heterocycles. The second kappa shape index (κ2) is 8.41. The number of aryl methyl sites for hydroxylation is 1. The van der Waals surface area contributed by atoms with Gasteiger partial charge in [-0.2, -0.15) is 14.6 Å². The molecule has 5 rings (SSSR count). The van der Waals surface area contributed by atoms with E-state index >= 15 is 0 Å². The van der Waals surface area contributed by atoms with Crippen molar-refractivity contribution in [1.29, 1.82) is 0 Å². The Morgan fingerprint density at radius 1 is 1.26 bits per heavy atom. The molecule has 0 unspecified atom stereocenters. The number of anilines is 1. The number of nitrogens with one attached hydrogen (secondary N) is 1. The summed E-state index contributed by atoms with van der Waals surface area (Å²) in [6.07, 6.45) is 5.26. The molecule has 162 valence electrons. The number of benzene rings is 1. The van der Waals surface area contributed by atoms with E-state index in [9.17, 15) is 4.79 Å². The lowest BCUT2D eigenvalue weighted by Gasteiger charge is -2.33. The number of hydrogen-bond donors (Lipinski definition) is 1. The second-order valence-electron chi connectivity index (χ2n) is 8.02. The molecule has 1 fully saturated rings. The van der Waals surface area contributed by atoms with E-state index in [2.05, 4.69) is 38.3 Å². The molecule has 1 atom stereocenters. The minimum Gasteiger partial charge on any atom is -0.454 e. The van der Waals surface area contributed by atoms with Crippen molar-refractivity contribution in [3.63, 3.8) is 0 Å². The summed E-state index contributed by atoms with van der Waals surface area (Å²) in [5, 5.41) is 7.43. The Morgan fingerprint density at radius 2 is 2.16 bits per heavy atom. The Balaban J connectivity index is 1.27. The van der Waals surface area contributed by atoms with Crippen LogP contribution in [0, 0.1) is 5.92 Å². The van der Waals surface area contributed by atoms with E-state index in [0.717, 1.165) is 60.8 Å². The Labute approximate surface area is 180 Å². The number of piperidine rings is 1. The van der Waals surface area contributed by atoms with Crippen molar-refractivity contribution in [2.24, 2.45) is 5.92 Å². The number of amides is 1. The summed E-state index contributed by atoms with van der Waals surface area (Å²) in [6, 6.07) is 7.84. The molecule has 0 bridgehead atoms. The highest BCUT2D eigenvalue weighted by Crippen LogP contribution is 2.32. The normalized spacial score (nSPS) is 17.8. The maximum atomic E-state index is 12.9. The number of ether oxygens (including phenoxy) is 2. The van der Waals surface area contributed by atoms with Crippen molar-refractivity contribution in [3.8, 4) is 11.5 Å². The van der Waals surface area contributed by atoms with Crippen LogP contribution in [-0.4, -0.2) is 45.4 Å². The van der Waals surface area contributed by atoms with Crippen LogP contribution in [0.3, 0.4) is 0 Å². The smallest absolute Gasteiger partial charge is 0.254 e. The Hall–Kier alpha value is -3.36. The summed E-state index contributed by atoms with van der Waals surface area (Å²) < 4.78 is 12.5. The van der Waals surface area contributed by atoms with Crippen LogP contribution in [0.15, 0.2) is 30.6 Å². The molecule has 1 saturated heterocycles. The molecule has 1 N–H and O–H groups in total. The summed E-state index contributed by atoms with van der Waals surface area (Å²) in [5.41, 5.74) is 2.00. The molecular weight excluding hydrogens is 396 g/mol. The number of hydrogen-bond acceptors (Lipinski definition) is 7. The molecule has 2 aliphatic heterocycles. The average Bonchev–Trinajstić information content (AvgIpc) is 3.46. The number of carbonyl (C=O) groups excluding carboxylic acids is 1. The van der Waals surface area contributed by atoms with Crippen molar-refractivity contribution in [2.75, 3.05) is 24.8 Å². The monoisotopic (exact) mass is 422 g/mol. The summed E-state index contributed by atoms with van der Waals surface area (Å²) in [5.74, 6) is 3.03. The fourth-order valence-corrected chi connectivity index (χ4v) is 4.24. The van der Waals surface area contributed by atoms with Crippen molar-refractivity contribution in [3.05, 3.63) is 41.9 Å². The fraction of sp³-hybridized carbons (Fsp3) is 0.455. The van der Waals surface area contributed by atoms with Gasteiger partial charge in [0.05, 0.1) is 5.92 Å². The van der Waals surface area contributed by atoms with Gasteiger partial charge in [0.25, 0.3) is 5.78 Å². The number of aromatic nitrogens is 4. The lowest BCUT2D eigenvalue weighted by atomic mass is 9.97. The van der Waals surface area contributed by atoms with E-state index in [4.69, 9.17) is 9.47 Å². The first-order valence-corrected chi connectivity index (χ1v) is 10.8. The Kier molecular flexibility index (Phi) is 5.31. The summed E-state index contributed by atoms with van der Waals surface area (Å²) in [6.45, 7) is 4.39. The first-order chi connectivity index (χ1) is 15.2. The van der Waals surface area contributed by atoms with Crippen LogP contribution in [0.25, 0.3) is 5.78 Å². The second-order valence-corrected chi connectivity index (χ2v) is 8.02. The minimum absolute atomic E-state index is 0.0695. The third-order valence-electron chi connectivity index (χ3n) is 5.81. The van der Waals surface area contributed by atoms with E-state index in [0.29, 0.717) is 18.9 Å². The number of nitrogens with zero attached hydrogens (tertiary/aromatic N) is 5. The molecule has 0 aliphatic carbocycles. The van der Waals surface area contributed by atoms with Gasteiger partial charge in [-0.15, -0.1) is 0 Å². The Morgan fingerprint density at radius 3 is 3.06 bits per heavy atom. The zero-order chi connectivity index (χ0) is 21.2. The summed E-state index contributed by atoms with van der Waals surface area (Å²) >= 11 is 0. The molecule has 31 heavy (non-hydrogen) atoms. The van der Waals surface area contributed by atoms with Gasteiger partial charge in [0.1, 0.15) is 12.1 Å². The van der Waals surface area contributed by atoms with E-state index in [1.165, 1.54) is 6.33 Å². The van der Waals surface area contributed by atoms with Crippen molar-refractivity contribution in [1.82, 2.24) is 24.9 Å². The highest BCUT2D eigenvalue weighted by molar-refractivity contribution is 5.79. The maximum Gasteiger partial charge on any atom is 0.254 e. The van der Waals surface area contributed by atoms with Gasteiger partial charge in [0.2, 0.25) is 12.7 Å². The molecule has 1 amide bonds. The lowest BCUT2D eigenvalue weighted by molar-refractivity contribution is -0.125. The number of rotatable bonds is 6. The highest BCUT2D eigenvalue weighted by atomic mass is 16.7. The van der Waals surface area contributed by atoms with Crippen LogP contribution in [0.5, 0.6) is 11.5 Å². The number of fused-ring (bicyclic) bond motifs is 2. The van der Waals surface area contributed by atoms with E-state index in [1.807, 2.05) is 18.2 Å². The molecule has 0 saturated carbocycles. The SMILES string of the molecule is CCCc1cc(N2CCC[C@@H](C(=O)NCc3ccc4c(c3)OCO4)C2)n2ncnc2n1. The first kappa shape index (κ1) is 19.6. The molecular formula is C22H26N6O3. The van der Waals surface area contributed by atoms with Gasteiger partial charge in [-0.1, -0.05) is 19.4 Å². The van der Waals surface area contributed by atoms with Crippen molar-refractivity contribution in [2.45, 2.75) is 39.2 Å². The van der Waals surface area contributed by atoms with E-state index in [-0.39, 0.29) is 18.6 Å². The molecule has 9 nitrogen and oxygen atoms in total. The minimum atomic E-state index is -0.0795. The quantitative estimate of drug-likeness (QED) is 0.652. The van der Waals surface area contributed by atoms with Crippen LogP contribution >= 0.6 is 0 Å². The maximum absolute atomic E-state index is 12.9. The van der Waals surface area contributed by atoms with Gasteiger partial charge in [-0.25, -0.2) is 4.98 Å². The van der Waals surface area contributed by atoms with Gasteiger partial charge < -0.3 is 19.7 Å². The standard InChI is InChI=1S/C22H26N6O3/c1-2-4-17-10-20(28-22(26-17)24-13-25-28)27-8-3-5-16(12-27)21(29)23-11-15-6-7-18-19(9-15)31-14-30-18/h6-7,9-10,13,16H,2-5,8,11-12,14H2,1H3,(H,23,29)/t16-/m1/s1. The van der Waals surface area contributed by atoms with Gasteiger partial charge in [0.15, 0.2) is 11.5 Å². The predicted octanol–water partition coefficient (Wildman–Crippen LogP) is 2.34. The van der Waals surface area contributed by atoms with E-state index < -0.39 is 0 Å². The first-order valence-electron chi connectivity index (χ1n) is 10.8. The molecule has 9 heteroatoms. The van der Waals surface area contributed by atoms with Crippen LogP contribution in [-0.2, 0) is 17.8 Å². The molecule has 1 aromatic carbocycles. The topological polar surface area (TPSA) is 93.9 Å². The third-order valence-corrected chi connectivity index (χ3v) is 5.81. The van der Waals surface area contributed by atoms with Crippen LogP contribution in [0.4, 0.5) is 5.82 Å². The largest absolute Gasteiger partial charge is 0.454 e. The highest BCUT2D eigenvalue weighted by Gasteiger charge is 2.27. The lowest BCUT2D eigenvalue weighted by Crippen LogP contribution is -2.43. The zero-order valence-corrected chi connectivity index (χ0v) is 17.6. The van der Waals surface area contributed by atoms with Gasteiger partial charge in [-0.05, 0) is 37.0 Å². The number of carbonyl (C=O) groups is 1. The van der Waals surface area contributed by atoms with Crippen molar-refractivity contribution >= 4 is 17.5 Å². The van der Waals surface area contributed by atoms with Crippen molar-refractivity contribution < 1.29 is 14.3 Å². The molecule has 2 aromatic heterocycles. The van der Waals surface area contributed by atoms with Crippen LogP contribution < -0.4 is 19.7 Å². The van der Waals surface area contributed by atoms with Crippen LogP contribution in [0.1, 0.15) is 37.4 Å². The van der Waals surface area contributed by atoms with Gasteiger partial charge in [-0.3, -0.25) is 4.79 Å². The third kappa shape index (κ3) is 3.99. The fourth-order valence-electron chi connectivity index (χ4n) is 4.24. The molecule has 3 aromatic rings. The molecule has 0 spiro atoms.